The smallest absolute Gasteiger partial charge is 0.298 e. The molecule has 7 heteroatoms. The van der Waals surface area contributed by atoms with Gasteiger partial charge in [-0.2, -0.15) is 0 Å². The van der Waals surface area contributed by atoms with Crippen LogP contribution in [0.4, 0.5) is 5.69 Å². The highest BCUT2D eigenvalue weighted by Crippen LogP contribution is 2.12. The zero-order valence-corrected chi connectivity index (χ0v) is 9.92. The molecule has 0 fully saturated rings. The van der Waals surface area contributed by atoms with Crippen LogP contribution in [0.25, 0.3) is 0 Å². The van der Waals surface area contributed by atoms with Crippen molar-refractivity contribution < 1.29 is 9.72 Å². The highest BCUT2D eigenvalue weighted by Gasteiger charge is 2.10. The van der Waals surface area contributed by atoms with Crippen LogP contribution in [0.3, 0.4) is 0 Å². The molecule has 6 nitrogen and oxygen atoms in total. The molecule has 2 rings (SSSR count). The van der Waals surface area contributed by atoms with E-state index in [1.54, 1.807) is 5.38 Å². The van der Waals surface area contributed by atoms with E-state index in [-0.39, 0.29) is 22.9 Å². The van der Waals surface area contributed by atoms with Crippen LogP contribution in [0.1, 0.15) is 10.4 Å². The molecular formula is C11H8N2O4S. The summed E-state index contributed by atoms with van der Waals surface area (Å²) in [5, 5.41) is 12.1. The Hall–Kier alpha value is -2.28. The molecule has 1 heterocycles. The third-order valence-electron chi connectivity index (χ3n) is 2.36. The zero-order chi connectivity index (χ0) is 13.1. The van der Waals surface area contributed by atoms with Gasteiger partial charge in [0.15, 0.2) is 5.78 Å². The molecule has 0 N–H and O–H groups in total. The summed E-state index contributed by atoms with van der Waals surface area (Å²) in [6.07, 6.45) is 1.54. The molecule has 0 atom stereocenters. The lowest BCUT2D eigenvalue weighted by molar-refractivity contribution is -0.384. The molecule has 0 bridgehead atoms. The second kappa shape index (κ2) is 4.92. The molecule has 0 saturated carbocycles. The second-order valence-corrected chi connectivity index (χ2v) is 4.38. The van der Waals surface area contributed by atoms with Gasteiger partial charge in [-0.3, -0.25) is 24.3 Å². The number of non-ortho nitro benzene ring substituents is 1. The zero-order valence-electron chi connectivity index (χ0n) is 9.11. The van der Waals surface area contributed by atoms with Crippen LogP contribution < -0.4 is 4.87 Å². The Morgan fingerprint density at radius 1 is 1.33 bits per heavy atom. The van der Waals surface area contributed by atoms with Crippen LogP contribution in [0, 0.1) is 10.1 Å². The van der Waals surface area contributed by atoms with E-state index in [0.29, 0.717) is 5.56 Å². The van der Waals surface area contributed by atoms with Crippen molar-refractivity contribution >= 4 is 22.8 Å². The number of nitro groups is 1. The molecule has 1 aromatic carbocycles. The number of rotatable bonds is 4. The number of carbonyl (C=O) groups is 1. The molecule has 0 saturated heterocycles. The Morgan fingerprint density at radius 2 is 2.00 bits per heavy atom. The van der Waals surface area contributed by atoms with Gasteiger partial charge in [-0.05, 0) is 12.1 Å². The monoisotopic (exact) mass is 264 g/mol. The maximum absolute atomic E-state index is 11.8. The standard InChI is InChI=1S/C11H8N2O4S/c14-10(7-12-5-6-18-11(12)15)8-1-3-9(4-2-8)13(16)17/h1-6H,7H2. The van der Waals surface area contributed by atoms with Crippen molar-refractivity contribution in [2.24, 2.45) is 0 Å². The molecule has 1 aromatic heterocycles. The van der Waals surface area contributed by atoms with E-state index in [0.717, 1.165) is 11.3 Å². The highest BCUT2D eigenvalue weighted by molar-refractivity contribution is 7.07. The molecule has 92 valence electrons. The van der Waals surface area contributed by atoms with E-state index in [1.807, 2.05) is 0 Å². The number of carbonyl (C=O) groups excluding carboxylic acids is 1. The van der Waals surface area contributed by atoms with Gasteiger partial charge < -0.3 is 0 Å². The SMILES string of the molecule is O=C(Cn1ccsc1=O)c1ccc([N+](=O)[O-])cc1. The predicted octanol–water partition coefficient (Wildman–Crippen LogP) is 1.70. The summed E-state index contributed by atoms with van der Waals surface area (Å²) >= 11 is 1.01. The Kier molecular flexibility index (Phi) is 3.33. The van der Waals surface area contributed by atoms with Crippen molar-refractivity contribution in [2.75, 3.05) is 0 Å². The normalized spacial score (nSPS) is 10.2. The van der Waals surface area contributed by atoms with Crippen LogP contribution in [-0.2, 0) is 6.54 Å². The van der Waals surface area contributed by atoms with Crippen LogP contribution in [0.15, 0.2) is 40.6 Å². The van der Waals surface area contributed by atoms with Crippen molar-refractivity contribution in [3.63, 3.8) is 0 Å². The summed E-state index contributed by atoms with van der Waals surface area (Å²) in [5.41, 5.74) is 0.276. The minimum absolute atomic E-state index is 0.0554. The number of nitrogens with zero attached hydrogens (tertiary/aromatic N) is 2. The first-order valence-corrected chi connectivity index (χ1v) is 5.87. The molecule has 18 heavy (non-hydrogen) atoms. The molecule has 0 aliphatic rings. The predicted molar refractivity (Wildman–Crippen MR) is 66.0 cm³/mol. The number of benzene rings is 1. The first-order chi connectivity index (χ1) is 8.58. The van der Waals surface area contributed by atoms with Gasteiger partial charge in [-0.25, -0.2) is 0 Å². The van der Waals surface area contributed by atoms with Gasteiger partial charge in [-0.1, -0.05) is 11.3 Å². The number of ketones is 1. The first kappa shape index (κ1) is 12.2. The van der Waals surface area contributed by atoms with Crippen molar-refractivity contribution in [1.29, 1.82) is 0 Å². The van der Waals surface area contributed by atoms with E-state index in [2.05, 4.69) is 0 Å². The van der Waals surface area contributed by atoms with Gasteiger partial charge in [0.2, 0.25) is 0 Å². The molecule has 0 aliphatic heterocycles. The topological polar surface area (TPSA) is 82.2 Å². The number of hydrogen-bond acceptors (Lipinski definition) is 5. The molecule has 0 spiro atoms. The van der Waals surface area contributed by atoms with Gasteiger partial charge in [0.05, 0.1) is 11.5 Å². The first-order valence-electron chi connectivity index (χ1n) is 4.99. The lowest BCUT2D eigenvalue weighted by Gasteiger charge is -2.01. The van der Waals surface area contributed by atoms with E-state index in [4.69, 9.17) is 0 Å². The number of nitro benzene ring substituents is 1. The second-order valence-electron chi connectivity index (χ2n) is 3.52. The lowest BCUT2D eigenvalue weighted by atomic mass is 10.1. The van der Waals surface area contributed by atoms with E-state index in [1.165, 1.54) is 35.0 Å². The van der Waals surface area contributed by atoms with E-state index in [9.17, 15) is 19.7 Å². The maximum Gasteiger partial charge on any atom is 0.307 e. The molecule has 0 amide bonds. The van der Waals surface area contributed by atoms with Crippen molar-refractivity contribution in [2.45, 2.75) is 6.54 Å². The van der Waals surface area contributed by atoms with Gasteiger partial charge >= 0.3 is 4.87 Å². The quantitative estimate of drug-likeness (QED) is 0.478. The van der Waals surface area contributed by atoms with Crippen LogP contribution >= 0.6 is 11.3 Å². The van der Waals surface area contributed by atoms with Crippen molar-refractivity contribution in [1.82, 2.24) is 4.57 Å². The number of aromatic nitrogens is 1. The summed E-state index contributed by atoms with van der Waals surface area (Å²) in [7, 11) is 0. The molecule has 0 aliphatic carbocycles. The third-order valence-corrected chi connectivity index (χ3v) is 3.05. The fourth-order valence-corrected chi connectivity index (χ4v) is 2.01. The summed E-state index contributed by atoms with van der Waals surface area (Å²) < 4.78 is 1.30. The van der Waals surface area contributed by atoms with E-state index >= 15 is 0 Å². The summed E-state index contributed by atoms with van der Waals surface area (Å²) in [4.78, 5) is 32.8. The number of thiazole rings is 1. The van der Waals surface area contributed by atoms with E-state index < -0.39 is 4.92 Å². The Labute approximate surface area is 105 Å². The van der Waals surface area contributed by atoms with Crippen molar-refractivity contribution in [3.05, 3.63) is 61.2 Å². The third kappa shape index (κ3) is 2.51. The number of hydrogen-bond donors (Lipinski definition) is 0. The molecule has 0 unspecified atom stereocenters. The highest BCUT2D eigenvalue weighted by atomic mass is 32.1. The molecule has 0 radical (unpaired) electrons. The molecule has 2 aromatic rings. The van der Waals surface area contributed by atoms with Gasteiger partial charge in [0.25, 0.3) is 5.69 Å². The maximum atomic E-state index is 11.8. The Morgan fingerprint density at radius 3 is 2.50 bits per heavy atom. The lowest BCUT2D eigenvalue weighted by Crippen LogP contribution is -2.18. The number of Topliss-reactive ketones (excluding diaryl/α,β-unsaturated/α-hetero) is 1. The Balaban J connectivity index is 2.17. The van der Waals surface area contributed by atoms with Gasteiger partial charge in [0.1, 0.15) is 0 Å². The fraction of sp³-hybridized carbons (Fsp3) is 0.0909. The summed E-state index contributed by atoms with van der Waals surface area (Å²) in [6, 6.07) is 5.31. The fourth-order valence-electron chi connectivity index (χ4n) is 1.42. The van der Waals surface area contributed by atoms with Gasteiger partial charge in [-0.15, -0.1) is 0 Å². The minimum atomic E-state index is -0.530. The average molecular weight is 264 g/mol. The average Bonchev–Trinajstić information content (AvgIpc) is 2.75. The summed E-state index contributed by atoms with van der Waals surface area (Å²) in [5.74, 6) is -0.259. The van der Waals surface area contributed by atoms with Crippen LogP contribution in [0.5, 0.6) is 0 Å². The van der Waals surface area contributed by atoms with Crippen molar-refractivity contribution in [3.8, 4) is 0 Å². The Bertz CT molecular complexity index is 642. The molecular weight excluding hydrogens is 256 g/mol. The summed E-state index contributed by atoms with van der Waals surface area (Å²) in [6.45, 7) is -0.0554. The largest absolute Gasteiger partial charge is 0.307 e. The van der Waals surface area contributed by atoms with Crippen LogP contribution in [0.2, 0.25) is 0 Å². The van der Waals surface area contributed by atoms with Gasteiger partial charge in [0, 0.05) is 29.3 Å². The minimum Gasteiger partial charge on any atom is -0.298 e. The van der Waals surface area contributed by atoms with Crippen LogP contribution in [-0.4, -0.2) is 15.3 Å².